The maximum Gasteiger partial charge on any atom is 0.0724 e. The molecule has 4 heteroatoms. The molecule has 0 bridgehead atoms. The van der Waals surface area contributed by atoms with E-state index in [1.54, 1.807) is 6.20 Å². The van der Waals surface area contributed by atoms with Gasteiger partial charge in [0.15, 0.2) is 0 Å². The van der Waals surface area contributed by atoms with E-state index in [2.05, 4.69) is 16.6 Å². The number of anilines is 2. The van der Waals surface area contributed by atoms with Gasteiger partial charge in [-0.25, -0.2) is 0 Å². The molecule has 0 spiro atoms. The van der Waals surface area contributed by atoms with Gasteiger partial charge in [-0.3, -0.25) is 4.98 Å². The number of fused-ring (bicyclic) bond motifs is 1. The number of pyridine rings is 1. The average Bonchev–Trinajstić information content (AvgIpc) is 2.33. The zero-order valence-corrected chi connectivity index (χ0v) is 10.1. The van der Waals surface area contributed by atoms with Crippen LogP contribution < -0.4 is 11.1 Å². The molecule has 1 heterocycles. The molecule has 0 aliphatic heterocycles. The predicted molar refractivity (Wildman–Crippen MR) is 73.0 cm³/mol. The van der Waals surface area contributed by atoms with Crippen LogP contribution in [0.4, 0.5) is 11.4 Å². The van der Waals surface area contributed by atoms with Gasteiger partial charge in [0, 0.05) is 23.9 Å². The summed E-state index contributed by atoms with van der Waals surface area (Å²) in [5.41, 5.74) is 8.81. The molecule has 1 aromatic carbocycles. The van der Waals surface area contributed by atoms with Gasteiger partial charge in [0.2, 0.25) is 0 Å². The summed E-state index contributed by atoms with van der Waals surface area (Å²) in [6, 6.07) is 7.89. The molecule has 0 unspecified atom stereocenters. The number of benzene rings is 1. The van der Waals surface area contributed by atoms with Crippen molar-refractivity contribution in [3.63, 3.8) is 0 Å². The largest absolute Gasteiger partial charge is 0.397 e. The molecule has 0 radical (unpaired) electrons. The first-order valence-electron chi connectivity index (χ1n) is 5.19. The Morgan fingerprint density at radius 2 is 2.25 bits per heavy atom. The number of thioether (sulfide) groups is 1. The van der Waals surface area contributed by atoms with Crippen molar-refractivity contribution in [3.05, 3.63) is 30.5 Å². The maximum absolute atomic E-state index is 6.09. The van der Waals surface area contributed by atoms with Crippen molar-refractivity contribution >= 4 is 34.0 Å². The van der Waals surface area contributed by atoms with E-state index in [4.69, 9.17) is 5.73 Å². The lowest BCUT2D eigenvalue weighted by molar-refractivity contribution is 1.23. The monoisotopic (exact) mass is 233 g/mol. The SMILES string of the molecule is CSCCNc1ccc2ncccc2c1N. The first kappa shape index (κ1) is 11.1. The summed E-state index contributed by atoms with van der Waals surface area (Å²) in [7, 11) is 0. The standard InChI is InChI=1S/C12H15N3S/c1-16-8-7-15-11-5-4-10-9(12(11)13)3-2-6-14-10/h2-6,15H,7-8,13H2,1H3. The van der Waals surface area contributed by atoms with E-state index in [-0.39, 0.29) is 0 Å². The average molecular weight is 233 g/mol. The minimum absolute atomic E-state index is 0.784. The van der Waals surface area contributed by atoms with Gasteiger partial charge in [-0.1, -0.05) is 0 Å². The Balaban J connectivity index is 2.29. The van der Waals surface area contributed by atoms with Gasteiger partial charge in [-0.15, -0.1) is 0 Å². The highest BCUT2D eigenvalue weighted by atomic mass is 32.2. The zero-order chi connectivity index (χ0) is 11.4. The molecule has 1 aromatic heterocycles. The van der Waals surface area contributed by atoms with Crippen molar-refractivity contribution in [2.24, 2.45) is 0 Å². The molecular formula is C12H15N3S. The second-order valence-corrected chi connectivity index (χ2v) is 4.50. The summed E-state index contributed by atoms with van der Waals surface area (Å²) in [6.07, 6.45) is 3.87. The van der Waals surface area contributed by atoms with Crippen molar-refractivity contribution in [3.8, 4) is 0 Å². The summed E-state index contributed by atoms with van der Waals surface area (Å²) in [5.74, 6) is 1.07. The van der Waals surface area contributed by atoms with Crippen LogP contribution in [-0.4, -0.2) is 23.5 Å². The Kier molecular flexibility index (Phi) is 3.51. The van der Waals surface area contributed by atoms with Gasteiger partial charge >= 0.3 is 0 Å². The van der Waals surface area contributed by atoms with Crippen molar-refractivity contribution in [2.75, 3.05) is 29.6 Å². The van der Waals surface area contributed by atoms with Crippen LogP contribution in [0.3, 0.4) is 0 Å². The van der Waals surface area contributed by atoms with E-state index in [9.17, 15) is 0 Å². The normalized spacial score (nSPS) is 10.6. The Morgan fingerprint density at radius 1 is 1.38 bits per heavy atom. The van der Waals surface area contributed by atoms with Gasteiger partial charge in [-0.05, 0) is 30.5 Å². The van der Waals surface area contributed by atoms with Crippen LogP contribution in [0.25, 0.3) is 10.9 Å². The third kappa shape index (κ3) is 2.22. The number of hydrogen-bond donors (Lipinski definition) is 2. The van der Waals surface area contributed by atoms with Crippen LogP contribution in [0.2, 0.25) is 0 Å². The fourth-order valence-corrected chi connectivity index (χ4v) is 1.92. The molecule has 2 aromatic rings. The lowest BCUT2D eigenvalue weighted by Gasteiger charge is -2.10. The van der Waals surface area contributed by atoms with E-state index < -0.39 is 0 Å². The van der Waals surface area contributed by atoms with Gasteiger partial charge in [-0.2, -0.15) is 11.8 Å². The van der Waals surface area contributed by atoms with E-state index in [1.165, 1.54) is 0 Å². The van der Waals surface area contributed by atoms with E-state index in [0.29, 0.717) is 0 Å². The van der Waals surface area contributed by atoms with Crippen molar-refractivity contribution in [2.45, 2.75) is 0 Å². The topological polar surface area (TPSA) is 50.9 Å². The van der Waals surface area contributed by atoms with Crippen LogP contribution in [0.5, 0.6) is 0 Å². The predicted octanol–water partition coefficient (Wildman–Crippen LogP) is 2.59. The van der Waals surface area contributed by atoms with Crippen LogP contribution in [0, 0.1) is 0 Å². The van der Waals surface area contributed by atoms with E-state index >= 15 is 0 Å². The van der Waals surface area contributed by atoms with Crippen molar-refractivity contribution in [1.29, 1.82) is 0 Å². The Bertz CT molecular complexity index is 485. The van der Waals surface area contributed by atoms with Gasteiger partial charge < -0.3 is 11.1 Å². The summed E-state index contributed by atoms with van der Waals surface area (Å²) >= 11 is 1.81. The molecule has 16 heavy (non-hydrogen) atoms. The molecule has 0 amide bonds. The van der Waals surface area contributed by atoms with Crippen molar-refractivity contribution < 1.29 is 0 Å². The maximum atomic E-state index is 6.09. The highest BCUT2D eigenvalue weighted by molar-refractivity contribution is 7.98. The van der Waals surface area contributed by atoms with E-state index in [0.717, 1.165) is 34.6 Å². The molecule has 0 saturated carbocycles. The molecule has 84 valence electrons. The summed E-state index contributed by atoms with van der Waals surface area (Å²) in [6.45, 7) is 0.928. The quantitative estimate of drug-likeness (QED) is 0.629. The molecule has 0 aliphatic carbocycles. The Labute approximate surface area is 99.4 Å². The number of rotatable bonds is 4. The van der Waals surface area contributed by atoms with Gasteiger partial charge in [0.05, 0.1) is 16.9 Å². The second-order valence-electron chi connectivity index (χ2n) is 3.52. The first-order valence-corrected chi connectivity index (χ1v) is 6.58. The Morgan fingerprint density at radius 3 is 3.06 bits per heavy atom. The Hall–Kier alpha value is -1.42. The van der Waals surface area contributed by atoms with Gasteiger partial charge in [0.25, 0.3) is 0 Å². The smallest absolute Gasteiger partial charge is 0.0724 e. The summed E-state index contributed by atoms with van der Waals surface area (Å²) < 4.78 is 0. The fraction of sp³-hybridized carbons (Fsp3) is 0.250. The number of nitrogens with one attached hydrogen (secondary N) is 1. The first-order chi connectivity index (χ1) is 7.83. The van der Waals surface area contributed by atoms with Crippen LogP contribution in [-0.2, 0) is 0 Å². The molecule has 0 saturated heterocycles. The molecule has 3 N–H and O–H groups in total. The summed E-state index contributed by atoms with van der Waals surface area (Å²) in [5, 5.41) is 4.34. The van der Waals surface area contributed by atoms with Gasteiger partial charge in [0.1, 0.15) is 0 Å². The minimum Gasteiger partial charge on any atom is -0.397 e. The lowest BCUT2D eigenvalue weighted by atomic mass is 10.1. The molecule has 3 nitrogen and oxygen atoms in total. The third-order valence-corrected chi connectivity index (χ3v) is 3.06. The van der Waals surface area contributed by atoms with E-state index in [1.807, 2.05) is 36.0 Å². The number of nitrogens with two attached hydrogens (primary N) is 1. The fourth-order valence-electron chi connectivity index (χ4n) is 1.62. The lowest BCUT2D eigenvalue weighted by Crippen LogP contribution is -2.06. The minimum atomic E-state index is 0.784. The van der Waals surface area contributed by atoms with Crippen LogP contribution >= 0.6 is 11.8 Å². The number of nitrogen functional groups attached to an aromatic ring is 1. The van der Waals surface area contributed by atoms with Crippen molar-refractivity contribution in [1.82, 2.24) is 4.98 Å². The van der Waals surface area contributed by atoms with Crippen LogP contribution in [0.15, 0.2) is 30.5 Å². The highest BCUT2D eigenvalue weighted by Gasteiger charge is 2.03. The molecular weight excluding hydrogens is 218 g/mol. The number of nitrogens with zero attached hydrogens (tertiary/aromatic N) is 1. The summed E-state index contributed by atoms with van der Waals surface area (Å²) in [4.78, 5) is 4.27. The molecule has 0 fully saturated rings. The number of hydrogen-bond acceptors (Lipinski definition) is 4. The molecule has 0 aliphatic rings. The highest BCUT2D eigenvalue weighted by Crippen LogP contribution is 2.27. The van der Waals surface area contributed by atoms with Crippen LogP contribution in [0.1, 0.15) is 0 Å². The zero-order valence-electron chi connectivity index (χ0n) is 9.23. The number of aromatic nitrogens is 1. The second kappa shape index (κ2) is 5.07. The third-order valence-electron chi connectivity index (χ3n) is 2.45. The molecule has 0 atom stereocenters. The molecule has 2 rings (SSSR count).